The maximum atomic E-state index is 3.83. The molecule has 0 amide bonds. The van der Waals surface area contributed by atoms with Crippen molar-refractivity contribution in [2.75, 3.05) is 0 Å². The van der Waals surface area contributed by atoms with Crippen molar-refractivity contribution in [1.82, 2.24) is 0 Å². The van der Waals surface area contributed by atoms with E-state index in [0.29, 0.717) is 0 Å². The Bertz CT molecular complexity index is 25.9. The number of hydrogen-bond acceptors (Lipinski definition) is 0. The summed E-state index contributed by atoms with van der Waals surface area (Å²) in [5.74, 6) is 0.875. The van der Waals surface area contributed by atoms with Gasteiger partial charge in [-0.3, -0.25) is 0 Å². The third-order valence-electron chi connectivity index (χ3n) is 1.56. The van der Waals surface area contributed by atoms with Gasteiger partial charge in [-0.15, -0.1) is 0 Å². The predicted octanol–water partition coefficient (Wildman–Crippen LogP) is 2.00. The molecule has 0 aromatic heterocycles. The maximum absolute atomic E-state index is 3.83. The van der Waals surface area contributed by atoms with Crippen LogP contribution in [0.2, 0.25) is 0 Å². The molecular formula is C7H16Na. The van der Waals surface area contributed by atoms with Crippen molar-refractivity contribution >= 4 is 29.6 Å². The zero-order valence-electron chi connectivity index (χ0n) is 5.41. The molecule has 0 saturated carbocycles. The van der Waals surface area contributed by atoms with Gasteiger partial charge in [-0.05, 0) is 5.92 Å². The summed E-state index contributed by atoms with van der Waals surface area (Å²) in [5, 5.41) is 0. The van der Waals surface area contributed by atoms with Crippen LogP contribution in [-0.4, -0.2) is 29.6 Å². The second-order valence-corrected chi connectivity index (χ2v) is 1.97. The first-order valence-electron chi connectivity index (χ1n) is 3.14. The minimum absolute atomic E-state index is 0. The van der Waals surface area contributed by atoms with Gasteiger partial charge in [-0.1, -0.05) is 40.0 Å². The Labute approximate surface area is 75.3 Å². The van der Waals surface area contributed by atoms with E-state index in [1.165, 1.54) is 12.8 Å². The first-order chi connectivity index (χ1) is 3.35. The van der Waals surface area contributed by atoms with Crippen molar-refractivity contribution in [2.45, 2.75) is 33.1 Å². The first kappa shape index (κ1) is 11.8. The molecule has 1 heteroatoms. The Morgan fingerprint density at radius 1 is 1.25 bits per heavy atom. The van der Waals surface area contributed by atoms with Crippen LogP contribution in [0.3, 0.4) is 0 Å². The Morgan fingerprint density at radius 2 is 1.62 bits per heavy atom. The standard InChI is InChI=1S/C7H15.Na.H/c1-4-7(5-2)6-3;;/h7H,1,4-6H2,2-3H3;;. The Kier molecular flexibility index (Phi) is 11.8. The Morgan fingerprint density at radius 3 is 1.62 bits per heavy atom. The molecule has 0 saturated heterocycles. The molecule has 0 aromatic rings. The van der Waals surface area contributed by atoms with Crippen LogP contribution in [0, 0.1) is 12.8 Å². The van der Waals surface area contributed by atoms with E-state index in [9.17, 15) is 0 Å². The SMILES string of the molecule is [CH2]CC(CC)CC.[NaH]. The van der Waals surface area contributed by atoms with Gasteiger partial charge in [0.05, 0.1) is 0 Å². The quantitative estimate of drug-likeness (QED) is 0.503. The molecule has 0 spiro atoms. The van der Waals surface area contributed by atoms with Crippen LogP contribution in [0.5, 0.6) is 0 Å². The topological polar surface area (TPSA) is 0 Å². The van der Waals surface area contributed by atoms with E-state index in [0.717, 1.165) is 12.3 Å². The van der Waals surface area contributed by atoms with Crippen LogP contribution < -0.4 is 0 Å². The molecule has 0 aliphatic carbocycles. The summed E-state index contributed by atoms with van der Waals surface area (Å²) >= 11 is 0. The van der Waals surface area contributed by atoms with Gasteiger partial charge in [0, 0.05) is 0 Å². The van der Waals surface area contributed by atoms with Crippen molar-refractivity contribution in [1.29, 1.82) is 0 Å². The van der Waals surface area contributed by atoms with Crippen LogP contribution >= 0.6 is 0 Å². The molecule has 0 atom stereocenters. The Hall–Kier alpha value is 1.00. The monoisotopic (exact) mass is 123 g/mol. The fraction of sp³-hybridized carbons (Fsp3) is 0.857. The third-order valence-corrected chi connectivity index (χ3v) is 1.56. The molecular weight excluding hydrogens is 107 g/mol. The molecule has 0 nitrogen and oxygen atoms in total. The molecule has 0 unspecified atom stereocenters. The molecule has 0 fully saturated rings. The van der Waals surface area contributed by atoms with E-state index < -0.39 is 0 Å². The van der Waals surface area contributed by atoms with E-state index in [-0.39, 0.29) is 29.6 Å². The molecule has 8 heavy (non-hydrogen) atoms. The van der Waals surface area contributed by atoms with Gasteiger partial charge < -0.3 is 0 Å². The van der Waals surface area contributed by atoms with Crippen molar-refractivity contribution in [3.63, 3.8) is 0 Å². The Balaban J connectivity index is 0. The molecule has 0 heterocycles. The first-order valence-corrected chi connectivity index (χ1v) is 3.14. The zero-order valence-corrected chi connectivity index (χ0v) is 5.41. The average molecular weight is 123 g/mol. The molecule has 0 aromatic carbocycles. The van der Waals surface area contributed by atoms with E-state index in [1.807, 2.05) is 0 Å². The van der Waals surface area contributed by atoms with E-state index >= 15 is 0 Å². The van der Waals surface area contributed by atoms with Crippen molar-refractivity contribution in [3.05, 3.63) is 6.92 Å². The molecule has 0 N–H and O–H groups in total. The fourth-order valence-corrected chi connectivity index (χ4v) is 0.697. The fourth-order valence-electron chi connectivity index (χ4n) is 0.697. The summed E-state index contributed by atoms with van der Waals surface area (Å²) in [7, 11) is 0. The second kappa shape index (κ2) is 8.00. The van der Waals surface area contributed by atoms with Crippen LogP contribution in [0.15, 0.2) is 0 Å². The predicted molar refractivity (Wildman–Crippen MR) is 41.2 cm³/mol. The number of rotatable bonds is 3. The third kappa shape index (κ3) is 5.14. The van der Waals surface area contributed by atoms with Crippen LogP contribution in [-0.2, 0) is 0 Å². The second-order valence-electron chi connectivity index (χ2n) is 1.97. The normalized spacial score (nSPS) is 9.00. The summed E-state index contributed by atoms with van der Waals surface area (Å²) in [6.07, 6.45) is 3.69. The van der Waals surface area contributed by atoms with Gasteiger partial charge in [0.1, 0.15) is 0 Å². The van der Waals surface area contributed by atoms with Crippen molar-refractivity contribution in [2.24, 2.45) is 5.92 Å². The molecule has 0 aliphatic heterocycles. The van der Waals surface area contributed by atoms with Gasteiger partial charge in [-0.25, -0.2) is 0 Å². The molecule has 45 valence electrons. The van der Waals surface area contributed by atoms with E-state index in [1.54, 1.807) is 0 Å². The summed E-state index contributed by atoms with van der Waals surface area (Å²) < 4.78 is 0. The average Bonchev–Trinajstić information content (AvgIpc) is 1.72. The summed E-state index contributed by atoms with van der Waals surface area (Å²) in [5.41, 5.74) is 0. The molecule has 0 aliphatic rings. The van der Waals surface area contributed by atoms with Crippen LogP contribution in [0.1, 0.15) is 33.1 Å². The van der Waals surface area contributed by atoms with Crippen LogP contribution in [0.4, 0.5) is 0 Å². The van der Waals surface area contributed by atoms with Crippen LogP contribution in [0.25, 0.3) is 0 Å². The van der Waals surface area contributed by atoms with Gasteiger partial charge in [0.2, 0.25) is 0 Å². The van der Waals surface area contributed by atoms with Gasteiger partial charge in [-0.2, -0.15) is 0 Å². The zero-order chi connectivity index (χ0) is 5.70. The summed E-state index contributed by atoms with van der Waals surface area (Å²) in [6.45, 7) is 8.27. The van der Waals surface area contributed by atoms with Crippen molar-refractivity contribution in [3.8, 4) is 0 Å². The van der Waals surface area contributed by atoms with Crippen molar-refractivity contribution < 1.29 is 0 Å². The van der Waals surface area contributed by atoms with E-state index in [2.05, 4.69) is 20.8 Å². The van der Waals surface area contributed by atoms with Gasteiger partial charge in [0.25, 0.3) is 0 Å². The molecule has 1 radical (unpaired) electrons. The minimum atomic E-state index is 0. The molecule has 0 bridgehead atoms. The van der Waals surface area contributed by atoms with Gasteiger partial charge in [0.15, 0.2) is 0 Å². The summed E-state index contributed by atoms with van der Waals surface area (Å²) in [4.78, 5) is 0. The van der Waals surface area contributed by atoms with Gasteiger partial charge >= 0.3 is 29.6 Å². The van der Waals surface area contributed by atoms with E-state index in [4.69, 9.17) is 0 Å². The number of hydrogen-bond donors (Lipinski definition) is 0. The molecule has 0 rings (SSSR count). The summed E-state index contributed by atoms with van der Waals surface area (Å²) in [6, 6.07) is 0.